The lowest BCUT2D eigenvalue weighted by Gasteiger charge is -2.39. The maximum Gasteiger partial charge on any atom is 0.0124 e. The first-order valence-corrected chi connectivity index (χ1v) is 6.23. The van der Waals surface area contributed by atoms with Crippen molar-refractivity contribution in [3.05, 3.63) is 0 Å². The Hall–Kier alpha value is -0.0800. The summed E-state index contributed by atoms with van der Waals surface area (Å²) in [5, 5.41) is 0. The van der Waals surface area contributed by atoms with Crippen LogP contribution in [0.2, 0.25) is 0 Å². The number of fused-ring (bicyclic) bond motifs is 1. The second-order valence-corrected chi connectivity index (χ2v) is 5.13. The number of likely N-dealkylation sites (tertiary alicyclic amines) is 1. The average molecular weight is 196 g/mol. The highest BCUT2D eigenvalue weighted by atomic mass is 15.1. The van der Waals surface area contributed by atoms with Crippen LogP contribution in [0, 0.1) is 11.8 Å². The zero-order chi connectivity index (χ0) is 9.97. The third-order valence-electron chi connectivity index (χ3n) is 4.34. The Bertz CT molecular complexity index is 181. The fraction of sp³-hybridized carbons (Fsp3) is 1.00. The maximum absolute atomic E-state index is 5.91. The van der Waals surface area contributed by atoms with E-state index in [9.17, 15) is 0 Å². The Morgan fingerprint density at radius 2 is 1.93 bits per heavy atom. The van der Waals surface area contributed by atoms with Crippen LogP contribution in [0.25, 0.3) is 0 Å². The van der Waals surface area contributed by atoms with Gasteiger partial charge in [-0.15, -0.1) is 0 Å². The maximum atomic E-state index is 5.91. The van der Waals surface area contributed by atoms with Gasteiger partial charge in [-0.25, -0.2) is 0 Å². The molecule has 2 aliphatic rings. The Morgan fingerprint density at radius 1 is 1.14 bits per heavy atom. The van der Waals surface area contributed by atoms with Gasteiger partial charge in [-0.3, -0.25) is 0 Å². The van der Waals surface area contributed by atoms with E-state index in [1.165, 1.54) is 45.1 Å². The fourth-order valence-corrected chi connectivity index (χ4v) is 3.51. The van der Waals surface area contributed by atoms with Gasteiger partial charge in [0.2, 0.25) is 0 Å². The minimum Gasteiger partial charge on any atom is -0.330 e. The SMILES string of the molecule is CN1CCCC(CN)C2CCCCC21. The summed E-state index contributed by atoms with van der Waals surface area (Å²) in [5.74, 6) is 1.71. The van der Waals surface area contributed by atoms with E-state index in [-0.39, 0.29) is 0 Å². The number of hydrogen-bond donors (Lipinski definition) is 1. The summed E-state index contributed by atoms with van der Waals surface area (Å²) in [6.07, 6.45) is 8.43. The third kappa shape index (κ3) is 1.96. The first-order valence-electron chi connectivity index (χ1n) is 6.23. The van der Waals surface area contributed by atoms with E-state index in [4.69, 9.17) is 5.73 Å². The molecule has 0 aromatic heterocycles. The molecule has 2 rings (SSSR count). The van der Waals surface area contributed by atoms with Crippen LogP contribution in [0.4, 0.5) is 0 Å². The van der Waals surface area contributed by atoms with Crippen molar-refractivity contribution in [2.24, 2.45) is 17.6 Å². The molecule has 3 unspecified atom stereocenters. The van der Waals surface area contributed by atoms with Gasteiger partial charge in [-0.05, 0) is 57.7 Å². The van der Waals surface area contributed by atoms with Gasteiger partial charge in [0.25, 0.3) is 0 Å². The van der Waals surface area contributed by atoms with Crippen molar-refractivity contribution in [2.75, 3.05) is 20.1 Å². The van der Waals surface area contributed by atoms with Crippen LogP contribution < -0.4 is 5.73 Å². The van der Waals surface area contributed by atoms with Gasteiger partial charge in [0.05, 0.1) is 0 Å². The average Bonchev–Trinajstić information content (AvgIpc) is 2.39. The van der Waals surface area contributed by atoms with Gasteiger partial charge >= 0.3 is 0 Å². The Kier molecular flexibility index (Phi) is 3.45. The quantitative estimate of drug-likeness (QED) is 0.693. The summed E-state index contributed by atoms with van der Waals surface area (Å²) >= 11 is 0. The fourth-order valence-electron chi connectivity index (χ4n) is 3.51. The molecule has 0 amide bonds. The number of rotatable bonds is 1. The molecule has 3 atom stereocenters. The second-order valence-electron chi connectivity index (χ2n) is 5.13. The molecule has 2 N–H and O–H groups in total. The van der Waals surface area contributed by atoms with E-state index in [2.05, 4.69) is 11.9 Å². The highest BCUT2D eigenvalue weighted by Gasteiger charge is 2.35. The van der Waals surface area contributed by atoms with Crippen LogP contribution in [-0.4, -0.2) is 31.1 Å². The zero-order valence-corrected chi connectivity index (χ0v) is 9.41. The molecule has 0 spiro atoms. The molecule has 2 heteroatoms. The molecule has 0 radical (unpaired) electrons. The van der Waals surface area contributed by atoms with Gasteiger partial charge in [0, 0.05) is 6.04 Å². The predicted molar refractivity (Wildman–Crippen MR) is 60.2 cm³/mol. The first kappa shape index (κ1) is 10.4. The van der Waals surface area contributed by atoms with Crippen LogP contribution in [0.5, 0.6) is 0 Å². The van der Waals surface area contributed by atoms with Gasteiger partial charge in [0.15, 0.2) is 0 Å². The lowest BCUT2D eigenvalue weighted by atomic mass is 9.75. The minimum absolute atomic E-state index is 0.810. The molecule has 1 heterocycles. The molecule has 14 heavy (non-hydrogen) atoms. The number of nitrogens with two attached hydrogens (primary N) is 1. The molecule has 82 valence electrons. The molecule has 1 aliphatic carbocycles. The lowest BCUT2D eigenvalue weighted by Crippen LogP contribution is -2.42. The normalized spacial score (nSPS) is 40.3. The Balaban J connectivity index is 2.09. The van der Waals surface area contributed by atoms with Crippen LogP contribution >= 0.6 is 0 Å². The van der Waals surface area contributed by atoms with Crippen molar-refractivity contribution < 1.29 is 0 Å². The van der Waals surface area contributed by atoms with Crippen molar-refractivity contribution in [1.29, 1.82) is 0 Å². The highest BCUT2D eigenvalue weighted by Crippen LogP contribution is 2.37. The van der Waals surface area contributed by atoms with E-state index in [0.29, 0.717) is 0 Å². The predicted octanol–water partition coefficient (Wildman–Crippen LogP) is 1.85. The molecule has 2 fully saturated rings. The van der Waals surface area contributed by atoms with Gasteiger partial charge in [-0.2, -0.15) is 0 Å². The molecule has 2 nitrogen and oxygen atoms in total. The van der Waals surface area contributed by atoms with Crippen molar-refractivity contribution >= 4 is 0 Å². The topological polar surface area (TPSA) is 29.3 Å². The summed E-state index contributed by atoms with van der Waals surface area (Å²) in [4.78, 5) is 2.60. The van der Waals surface area contributed by atoms with E-state index >= 15 is 0 Å². The van der Waals surface area contributed by atoms with E-state index in [1.54, 1.807) is 0 Å². The molecular formula is C12H24N2. The Morgan fingerprint density at radius 3 is 2.71 bits per heavy atom. The third-order valence-corrected chi connectivity index (χ3v) is 4.34. The molecular weight excluding hydrogens is 172 g/mol. The standard InChI is InChI=1S/C12H24N2/c1-14-8-4-5-10(9-13)11-6-2-3-7-12(11)14/h10-12H,2-9,13H2,1H3. The number of nitrogens with zero attached hydrogens (tertiary/aromatic N) is 1. The van der Waals surface area contributed by atoms with Crippen molar-refractivity contribution in [2.45, 2.75) is 44.6 Å². The van der Waals surface area contributed by atoms with Gasteiger partial charge < -0.3 is 10.6 Å². The van der Waals surface area contributed by atoms with Gasteiger partial charge in [0.1, 0.15) is 0 Å². The smallest absolute Gasteiger partial charge is 0.0124 e. The Labute approximate surface area is 87.8 Å². The summed E-state index contributed by atoms with van der Waals surface area (Å²) in [7, 11) is 2.31. The van der Waals surface area contributed by atoms with Crippen LogP contribution in [0.3, 0.4) is 0 Å². The zero-order valence-electron chi connectivity index (χ0n) is 9.41. The van der Waals surface area contributed by atoms with Crippen molar-refractivity contribution in [3.63, 3.8) is 0 Å². The van der Waals surface area contributed by atoms with Crippen molar-refractivity contribution in [3.8, 4) is 0 Å². The highest BCUT2D eigenvalue weighted by molar-refractivity contribution is 4.89. The van der Waals surface area contributed by atoms with Gasteiger partial charge in [-0.1, -0.05) is 12.8 Å². The van der Waals surface area contributed by atoms with Crippen LogP contribution in [0.1, 0.15) is 38.5 Å². The summed E-state index contributed by atoms with van der Waals surface area (Å²) in [6.45, 7) is 2.20. The lowest BCUT2D eigenvalue weighted by molar-refractivity contribution is 0.115. The largest absolute Gasteiger partial charge is 0.330 e. The summed E-state index contributed by atoms with van der Waals surface area (Å²) in [6, 6.07) is 0.847. The minimum atomic E-state index is 0.810. The molecule has 1 saturated carbocycles. The molecule has 1 aliphatic heterocycles. The molecule has 0 bridgehead atoms. The monoisotopic (exact) mass is 196 g/mol. The van der Waals surface area contributed by atoms with Crippen molar-refractivity contribution in [1.82, 2.24) is 4.90 Å². The summed E-state index contributed by atoms with van der Waals surface area (Å²) < 4.78 is 0. The van der Waals surface area contributed by atoms with Crippen LogP contribution in [0.15, 0.2) is 0 Å². The first-order chi connectivity index (χ1) is 6.83. The molecule has 0 aromatic carbocycles. The number of hydrogen-bond acceptors (Lipinski definition) is 2. The van der Waals surface area contributed by atoms with Crippen LogP contribution in [-0.2, 0) is 0 Å². The summed E-state index contributed by atoms with van der Waals surface area (Å²) in [5.41, 5.74) is 5.91. The van der Waals surface area contributed by atoms with E-state index in [0.717, 1.165) is 24.4 Å². The second kappa shape index (κ2) is 4.63. The molecule has 1 saturated heterocycles. The molecule has 0 aromatic rings. The van der Waals surface area contributed by atoms with E-state index in [1.807, 2.05) is 0 Å². The van der Waals surface area contributed by atoms with E-state index < -0.39 is 0 Å².